The third-order valence-electron chi connectivity index (χ3n) is 4.37. The molecule has 1 amide bonds. The van der Waals surface area contributed by atoms with Crippen molar-refractivity contribution in [3.63, 3.8) is 0 Å². The summed E-state index contributed by atoms with van der Waals surface area (Å²) in [5.41, 5.74) is 0.477. The van der Waals surface area contributed by atoms with Gasteiger partial charge in [0.2, 0.25) is 5.91 Å². The number of oxazole rings is 1. The van der Waals surface area contributed by atoms with E-state index in [-0.39, 0.29) is 17.4 Å². The molecule has 2 atom stereocenters. The monoisotopic (exact) mass is 264 g/mol. The number of nitrogens with zero attached hydrogens (tertiary/aromatic N) is 1. The molecule has 104 valence electrons. The minimum Gasteiger partial charge on any atom is -0.449 e. The summed E-state index contributed by atoms with van der Waals surface area (Å²) < 4.78 is 10.9. The highest BCUT2D eigenvalue weighted by molar-refractivity contribution is 5.83. The molecule has 1 saturated carbocycles. The first-order chi connectivity index (χ1) is 9.21. The van der Waals surface area contributed by atoms with Crippen LogP contribution in [0.3, 0.4) is 0 Å². The Bertz CT molecular complexity index is 471. The quantitative estimate of drug-likeness (QED) is 0.906. The molecule has 0 radical (unpaired) electrons. The smallest absolute Gasteiger partial charge is 0.229 e. The highest BCUT2D eigenvalue weighted by Crippen LogP contribution is 2.45. The van der Waals surface area contributed by atoms with Crippen molar-refractivity contribution < 1.29 is 13.9 Å². The summed E-state index contributed by atoms with van der Waals surface area (Å²) in [6.07, 6.45) is 6.80. The molecule has 2 aliphatic rings. The van der Waals surface area contributed by atoms with Crippen LogP contribution in [0.15, 0.2) is 10.7 Å². The molecule has 0 spiro atoms. The number of aromatic nitrogens is 1. The van der Waals surface area contributed by atoms with E-state index in [4.69, 9.17) is 9.15 Å². The standard InChI is InChI=1S/C14H20N2O3/c1-10-16-11(9-19-10)8-15-13(17)14-5-3-2-4-12(14)18-7-6-14/h9,12H,2-8H2,1H3,(H,15,17). The fourth-order valence-corrected chi connectivity index (χ4v) is 3.33. The number of amides is 1. The summed E-state index contributed by atoms with van der Waals surface area (Å²) in [7, 11) is 0. The molecule has 5 nitrogen and oxygen atoms in total. The van der Waals surface area contributed by atoms with E-state index in [1.165, 1.54) is 6.42 Å². The number of rotatable bonds is 3. The zero-order valence-electron chi connectivity index (χ0n) is 11.3. The van der Waals surface area contributed by atoms with Gasteiger partial charge in [-0.2, -0.15) is 0 Å². The average Bonchev–Trinajstić information content (AvgIpc) is 3.02. The highest BCUT2D eigenvalue weighted by Gasteiger charge is 2.50. The number of hydrogen-bond acceptors (Lipinski definition) is 4. The third-order valence-corrected chi connectivity index (χ3v) is 4.37. The number of aryl methyl sites for hydroxylation is 1. The molecule has 2 unspecified atom stereocenters. The normalized spacial score (nSPS) is 30.1. The Balaban J connectivity index is 1.65. The predicted octanol–water partition coefficient (Wildman–Crippen LogP) is 1.95. The maximum atomic E-state index is 12.5. The maximum Gasteiger partial charge on any atom is 0.229 e. The molecule has 3 rings (SSSR count). The number of carbonyl (C=O) groups is 1. The van der Waals surface area contributed by atoms with E-state index in [1.807, 2.05) is 0 Å². The molecular weight excluding hydrogens is 244 g/mol. The van der Waals surface area contributed by atoms with Crippen LogP contribution >= 0.6 is 0 Å². The SMILES string of the molecule is Cc1nc(CNC(=O)C23CCCCC2OCC3)co1. The number of nitrogens with one attached hydrogen (secondary N) is 1. The van der Waals surface area contributed by atoms with Crippen LogP contribution in [0.1, 0.15) is 43.7 Å². The molecule has 19 heavy (non-hydrogen) atoms. The van der Waals surface area contributed by atoms with Crippen LogP contribution in [-0.2, 0) is 16.1 Å². The first-order valence-electron chi connectivity index (χ1n) is 7.02. The maximum absolute atomic E-state index is 12.5. The van der Waals surface area contributed by atoms with Gasteiger partial charge in [0.05, 0.1) is 23.8 Å². The second-order valence-electron chi connectivity index (χ2n) is 5.55. The number of carbonyl (C=O) groups excluding carboxylic acids is 1. The molecule has 2 heterocycles. The summed E-state index contributed by atoms with van der Waals surface area (Å²) >= 11 is 0. The van der Waals surface area contributed by atoms with Crippen molar-refractivity contribution in [2.45, 2.75) is 51.7 Å². The summed E-state index contributed by atoms with van der Waals surface area (Å²) in [6, 6.07) is 0. The number of fused-ring (bicyclic) bond motifs is 1. The largest absolute Gasteiger partial charge is 0.449 e. The van der Waals surface area contributed by atoms with Gasteiger partial charge in [0.25, 0.3) is 0 Å². The van der Waals surface area contributed by atoms with Gasteiger partial charge in [0.1, 0.15) is 6.26 Å². The van der Waals surface area contributed by atoms with E-state index in [0.717, 1.165) is 31.4 Å². The first-order valence-corrected chi connectivity index (χ1v) is 7.02. The highest BCUT2D eigenvalue weighted by atomic mass is 16.5. The van der Waals surface area contributed by atoms with Gasteiger partial charge in [-0.1, -0.05) is 12.8 Å². The summed E-state index contributed by atoms with van der Waals surface area (Å²) in [4.78, 5) is 16.7. The predicted molar refractivity (Wildman–Crippen MR) is 68.3 cm³/mol. The molecule has 1 saturated heterocycles. The van der Waals surface area contributed by atoms with E-state index in [1.54, 1.807) is 13.2 Å². The van der Waals surface area contributed by atoms with E-state index in [9.17, 15) is 4.79 Å². The number of hydrogen-bond donors (Lipinski definition) is 1. The molecule has 0 aromatic carbocycles. The third kappa shape index (κ3) is 2.27. The Kier molecular flexibility index (Phi) is 3.31. The van der Waals surface area contributed by atoms with Crippen molar-refractivity contribution >= 4 is 5.91 Å². The zero-order chi connectivity index (χ0) is 13.3. The Morgan fingerprint density at radius 3 is 3.21 bits per heavy atom. The lowest BCUT2D eigenvalue weighted by Gasteiger charge is -2.36. The van der Waals surface area contributed by atoms with Crippen molar-refractivity contribution in [1.82, 2.24) is 10.3 Å². The fourth-order valence-electron chi connectivity index (χ4n) is 3.33. The molecular formula is C14H20N2O3. The van der Waals surface area contributed by atoms with Crippen LogP contribution in [0.5, 0.6) is 0 Å². The lowest BCUT2D eigenvalue weighted by Crippen LogP contribution is -2.47. The lowest BCUT2D eigenvalue weighted by molar-refractivity contribution is -0.137. The molecule has 2 fully saturated rings. The minimum atomic E-state index is -0.295. The van der Waals surface area contributed by atoms with Crippen molar-refractivity contribution in [3.05, 3.63) is 17.8 Å². The van der Waals surface area contributed by atoms with E-state index < -0.39 is 0 Å². The number of ether oxygens (including phenoxy) is 1. The second-order valence-corrected chi connectivity index (χ2v) is 5.55. The summed E-state index contributed by atoms with van der Waals surface area (Å²) in [6.45, 7) is 2.94. The molecule has 1 aromatic rings. The Morgan fingerprint density at radius 1 is 1.53 bits per heavy atom. The van der Waals surface area contributed by atoms with Crippen molar-refractivity contribution in [1.29, 1.82) is 0 Å². The van der Waals surface area contributed by atoms with Crippen LogP contribution in [0.25, 0.3) is 0 Å². The Hall–Kier alpha value is -1.36. The molecule has 1 aromatic heterocycles. The molecule has 0 bridgehead atoms. The fraction of sp³-hybridized carbons (Fsp3) is 0.714. The molecule has 1 N–H and O–H groups in total. The van der Waals surface area contributed by atoms with Crippen LogP contribution in [-0.4, -0.2) is 23.6 Å². The lowest BCUT2D eigenvalue weighted by atomic mass is 9.70. The van der Waals surface area contributed by atoms with Gasteiger partial charge in [-0.25, -0.2) is 4.98 Å². The van der Waals surface area contributed by atoms with Crippen LogP contribution in [0, 0.1) is 12.3 Å². The van der Waals surface area contributed by atoms with Crippen molar-refractivity contribution in [3.8, 4) is 0 Å². The van der Waals surface area contributed by atoms with Crippen molar-refractivity contribution in [2.75, 3.05) is 6.61 Å². The van der Waals surface area contributed by atoms with Gasteiger partial charge in [0, 0.05) is 13.5 Å². The molecule has 1 aliphatic heterocycles. The van der Waals surface area contributed by atoms with Crippen LogP contribution in [0.2, 0.25) is 0 Å². The van der Waals surface area contributed by atoms with Gasteiger partial charge in [-0.3, -0.25) is 4.79 Å². The zero-order valence-corrected chi connectivity index (χ0v) is 11.3. The Labute approximate surface area is 112 Å². The van der Waals surface area contributed by atoms with Gasteiger partial charge in [-0.05, 0) is 19.3 Å². The first kappa shape index (κ1) is 12.7. The van der Waals surface area contributed by atoms with Crippen LogP contribution in [0.4, 0.5) is 0 Å². The Morgan fingerprint density at radius 2 is 2.42 bits per heavy atom. The average molecular weight is 264 g/mol. The van der Waals surface area contributed by atoms with E-state index in [0.29, 0.717) is 19.0 Å². The molecule has 5 heteroatoms. The minimum absolute atomic E-state index is 0.111. The van der Waals surface area contributed by atoms with E-state index in [2.05, 4.69) is 10.3 Å². The van der Waals surface area contributed by atoms with Gasteiger partial charge in [0.15, 0.2) is 5.89 Å². The summed E-state index contributed by atoms with van der Waals surface area (Å²) in [5, 5.41) is 3.00. The van der Waals surface area contributed by atoms with E-state index >= 15 is 0 Å². The van der Waals surface area contributed by atoms with Gasteiger partial charge < -0.3 is 14.5 Å². The van der Waals surface area contributed by atoms with Gasteiger partial charge >= 0.3 is 0 Å². The topological polar surface area (TPSA) is 64.4 Å². The molecule has 1 aliphatic carbocycles. The van der Waals surface area contributed by atoms with Gasteiger partial charge in [-0.15, -0.1) is 0 Å². The van der Waals surface area contributed by atoms with Crippen LogP contribution < -0.4 is 5.32 Å². The second kappa shape index (κ2) is 4.96. The van der Waals surface area contributed by atoms with Crippen molar-refractivity contribution in [2.24, 2.45) is 5.41 Å². The summed E-state index contributed by atoms with van der Waals surface area (Å²) in [5.74, 6) is 0.748.